The molecular weight excluding hydrogens is 202 g/mol. The number of hydrogen-bond acceptors (Lipinski definition) is 2. The second-order valence-electron chi connectivity index (χ2n) is 5.50. The van der Waals surface area contributed by atoms with E-state index in [2.05, 4.69) is 19.2 Å². The minimum absolute atomic E-state index is 0.412. The van der Waals surface area contributed by atoms with Crippen LogP contribution in [0.5, 0.6) is 0 Å². The summed E-state index contributed by atoms with van der Waals surface area (Å²) >= 11 is 0. The van der Waals surface area contributed by atoms with Crippen molar-refractivity contribution in [3.8, 4) is 0 Å². The lowest BCUT2D eigenvalue weighted by Gasteiger charge is -2.23. The van der Waals surface area contributed by atoms with E-state index in [1.165, 1.54) is 25.7 Å². The standard InChI is InChI=1S/C13H25NO2/c1-9(2)7-8-11-5-4-6-12(11)14-10(3)13(15)16/h9-12,14H,4-8H2,1-3H3,(H,15,16)/t10-,11?,12?/m0/s1. The molecule has 2 unspecified atom stereocenters. The topological polar surface area (TPSA) is 49.3 Å². The van der Waals surface area contributed by atoms with Crippen LogP contribution in [0, 0.1) is 11.8 Å². The van der Waals surface area contributed by atoms with E-state index in [0.717, 1.165) is 12.3 Å². The van der Waals surface area contributed by atoms with Gasteiger partial charge in [-0.15, -0.1) is 0 Å². The highest BCUT2D eigenvalue weighted by molar-refractivity contribution is 5.72. The van der Waals surface area contributed by atoms with Gasteiger partial charge in [0.1, 0.15) is 6.04 Å². The zero-order valence-corrected chi connectivity index (χ0v) is 10.7. The van der Waals surface area contributed by atoms with Crippen LogP contribution in [-0.2, 0) is 4.79 Å². The van der Waals surface area contributed by atoms with E-state index in [-0.39, 0.29) is 0 Å². The molecule has 1 aliphatic carbocycles. The van der Waals surface area contributed by atoms with E-state index >= 15 is 0 Å². The maximum atomic E-state index is 10.8. The van der Waals surface area contributed by atoms with Gasteiger partial charge in [0.05, 0.1) is 0 Å². The van der Waals surface area contributed by atoms with Crippen LogP contribution in [0.3, 0.4) is 0 Å². The molecule has 1 fully saturated rings. The molecular formula is C13H25NO2. The van der Waals surface area contributed by atoms with Crippen molar-refractivity contribution in [2.75, 3.05) is 0 Å². The lowest BCUT2D eigenvalue weighted by molar-refractivity contribution is -0.139. The smallest absolute Gasteiger partial charge is 0.320 e. The van der Waals surface area contributed by atoms with Gasteiger partial charge in [-0.25, -0.2) is 0 Å². The van der Waals surface area contributed by atoms with Crippen LogP contribution in [-0.4, -0.2) is 23.2 Å². The molecule has 1 rings (SSSR count). The van der Waals surface area contributed by atoms with Crippen LogP contribution in [0.4, 0.5) is 0 Å². The number of hydrogen-bond donors (Lipinski definition) is 2. The highest BCUT2D eigenvalue weighted by Crippen LogP contribution is 2.30. The van der Waals surface area contributed by atoms with Crippen LogP contribution in [0.2, 0.25) is 0 Å². The molecule has 2 N–H and O–H groups in total. The lowest BCUT2D eigenvalue weighted by Crippen LogP contribution is -2.43. The van der Waals surface area contributed by atoms with E-state index in [0.29, 0.717) is 12.0 Å². The van der Waals surface area contributed by atoms with E-state index < -0.39 is 12.0 Å². The predicted molar refractivity (Wildman–Crippen MR) is 65.4 cm³/mol. The zero-order valence-electron chi connectivity index (χ0n) is 10.7. The largest absolute Gasteiger partial charge is 0.480 e. The highest BCUT2D eigenvalue weighted by Gasteiger charge is 2.29. The van der Waals surface area contributed by atoms with Crippen LogP contribution in [0.1, 0.15) is 52.9 Å². The van der Waals surface area contributed by atoms with E-state index in [4.69, 9.17) is 5.11 Å². The third-order valence-electron chi connectivity index (χ3n) is 3.61. The highest BCUT2D eigenvalue weighted by atomic mass is 16.4. The summed E-state index contributed by atoms with van der Waals surface area (Å²) in [6, 6.07) is 0.00880. The molecule has 1 saturated carbocycles. The van der Waals surface area contributed by atoms with Gasteiger partial charge in [0.2, 0.25) is 0 Å². The third-order valence-corrected chi connectivity index (χ3v) is 3.61. The molecule has 0 aliphatic heterocycles. The molecule has 3 atom stereocenters. The summed E-state index contributed by atoms with van der Waals surface area (Å²) in [5.41, 5.74) is 0. The van der Waals surface area contributed by atoms with Crippen molar-refractivity contribution in [2.45, 2.75) is 65.0 Å². The number of carboxylic acids is 1. The van der Waals surface area contributed by atoms with Crippen LogP contribution in [0.25, 0.3) is 0 Å². The van der Waals surface area contributed by atoms with Crippen molar-refractivity contribution in [2.24, 2.45) is 11.8 Å². The van der Waals surface area contributed by atoms with E-state index in [9.17, 15) is 4.79 Å². The summed E-state index contributed by atoms with van der Waals surface area (Å²) in [6.45, 7) is 6.23. The van der Waals surface area contributed by atoms with Crippen molar-refractivity contribution in [1.82, 2.24) is 5.32 Å². The molecule has 3 heteroatoms. The Morgan fingerprint density at radius 2 is 2.06 bits per heavy atom. The first-order valence-electron chi connectivity index (χ1n) is 6.49. The van der Waals surface area contributed by atoms with Gasteiger partial charge < -0.3 is 10.4 Å². The van der Waals surface area contributed by atoms with Gasteiger partial charge in [0.15, 0.2) is 0 Å². The third kappa shape index (κ3) is 4.12. The van der Waals surface area contributed by atoms with Crippen molar-refractivity contribution in [3.05, 3.63) is 0 Å². The summed E-state index contributed by atoms with van der Waals surface area (Å²) in [4.78, 5) is 10.8. The molecule has 16 heavy (non-hydrogen) atoms. The first-order valence-corrected chi connectivity index (χ1v) is 6.49. The van der Waals surface area contributed by atoms with E-state index in [1.54, 1.807) is 6.92 Å². The Balaban J connectivity index is 2.37. The molecule has 0 aromatic rings. The van der Waals surface area contributed by atoms with Crippen molar-refractivity contribution in [3.63, 3.8) is 0 Å². The minimum atomic E-state index is -0.741. The number of aliphatic carboxylic acids is 1. The number of rotatable bonds is 6. The number of carboxylic acid groups (broad SMARTS) is 1. The predicted octanol–water partition coefficient (Wildman–Crippen LogP) is 2.65. The molecule has 0 bridgehead atoms. The van der Waals surface area contributed by atoms with Crippen LogP contribution < -0.4 is 5.32 Å². The van der Waals surface area contributed by atoms with Crippen LogP contribution >= 0.6 is 0 Å². The average Bonchev–Trinajstić information content (AvgIpc) is 2.62. The first kappa shape index (κ1) is 13.5. The van der Waals surface area contributed by atoms with Gasteiger partial charge in [-0.3, -0.25) is 4.79 Å². The normalized spacial score (nSPS) is 27.2. The Bertz CT molecular complexity index is 228. The fourth-order valence-electron chi connectivity index (χ4n) is 2.54. The summed E-state index contributed by atoms with van der Waals surface area (Å²) < 4.78 is 0. The number of nitrogens with one attached hydrogen (secondary N) is 1. The van der Waals surface area contributed by atoms with Crippen molar-refractivity contribution >= 4 is 5.97 Å². The van der Waals surface area contributed by atoms with Gasteiger partial charge in [-0.1, -0.05) is 26.7 Å². The Labute approximate surface area is 98.6 Å². The maximum absolute atomic E-state index is 10.8. The van der Waals surface area contributed by atoms with Crippen molar-refractivity contribution < 1.29 is 9.90 Å². The molecule has 94 valence electrons. The van der Waals surface area contributed by atoms with Gasteiger partial charge in [0, 0.05) is 6.04 Å². The van der Waals surface area contributed by atoms with Gasteiger partial charge in [-0.2, -0.15) is 0 Å². The lowest BCUT2D eigenvalue weighted by atomic mass is 9.93. The van der Waals surface area contributed by atoms with Crippen molar-refractivity contribution in [1.29, 1.82) is 0 Å². The van der Waals surface area contributed by atoms with Gasteiger partial charge >= 0.3 is 5.97 Å². The molecule has 0 radical (unpaired) electrons. The Hall–Kier alpha value is -0.570. The summed E-state index contributed by atoms with van der Waals surface area (Å²) in [5.74, 6) is 0.692. The molecule has 1 aliphatic rings. The summed E-state index contributed by atoms with van der Waals surface area (Å²) in [6.07, 6.45) is 6.13. The van der Waals surface area contributed by atoms with E-state index in [1.807, 2.05) is 0 Å². The van der Waals surface area contributed by atoms with Gasteiger partial charge in [0.25, 0.3) is 0 Å². The average molecular weight is 227 g/mol. The summed E-state index contributed by atoms with van der Waals surface area (Å²) in [7, 11) is 0. The number of carbonyl (C=O) groups is 1. The quantitative estimate of drug-likeness (QED) is 0.733. The Morgan fingerprint density at radius 3 is 2.62 bits per heavy atom. The SMILES string of the molecule is CC(C)CCC1CCCC1N[C@@H](C)C(=O)O. The Morgan fingerprint density at radius 1 is 1.38 bits per heavy atom. The molecule has 3 nitrogen and oxygen atoms in total. The second-order valence-corrected chi connectivity index (χ2v) is 5.50. The van der Waals surface area contributed by atoms with Crippen LogP contribution in [0.15, 0.2) is 0 Å². The monoisotopic (exact) mass is 227 g/mol. The van der Waals surface area contributed by atoms with Gasteiger partial charge in [-0.05, 0) is 38.0 Å². The molecule has 0 aromatic carbocycles. The fraction of sp³-hybridized carbons (Fsp3) is 0.923. The minimum Gasteiger partial charge on any atom is -0.480 e. The maximum Gasteiger partial charge on any atom is 0.320 e. The first-order chi connectivity index (χ1) is 7.50. The molecule has 0 saturated heterocycles. The Kier molecular flexibility index (Phi) is 5.26. The zero-order chi connectivity index (χ0) is 12.1. The molecule has 0 amide bonds. The fourth-order valence-corrected chi connectivity index (χ4v) is 2.54. The second kappa shape index (κ2) is 6.24. The molecule has 0 spiro atoms. The molecule has 0 aromatic heterocycles. The molecule has 0 heterocycles. The summed E-state index contributed by atoms with van der Waals surface area (Å²) in [5, 5.41) is 12.1.